The van der Waals surface area contributed by atoms with Crippen molar-refractivity contribution in [3.8, 4) is 11.1 Å². The minimum Gasteiger partial charge on any atom is -0.361 e. The molecule has 39 heavy (non-hydrogen) atoms. The van der Waals surface area contributed by atoms with Crippen LogP contribution in [0.1, 0.15) is 48.6 Å². The highest BCUT2D eigenvalue weighted by molar-refractivity contribution is 7.88. The molecule has 2 atom stereocenters. The third-order valence-electron chi connectivity index (χ3n) is 7.69. The van der Waals surface area contributed by atoms with Gasteiger partial charge in [-0.1, -0.05) is 34.4 Å². The summed E-state index contributed by atoms with van der Waals surface area (Å²) >= 11 is 12.5. The Kier molecular flexibility index (Phi) is 6.49. The average Bonchev–Trinajstić information content (AvgIpc) is 3.65. The second kappa shape index (κ2) is 9.62. The maximum Gasteiger partial charge on any atom is 0.227 e. The fourth-order valence-electron chi connectivity index (χ4n) is 5.90. The number of aromatic nitrogens is 3. The normalized spacial score (nSPS) is 20.5. The lowest BCUT2D eigenvalue weighted by Gasteiger charge is -2.27. The molecule has 4 aromatic rings. The number of amides is 1. The van der Waals surface area contributed by atoms with E-state index in [0.717, 1.165) is 39.4 Å². The van der Waals surface area contributed by atoms with Crippen LogP contribution in [0.15, 0.2) is 40.9 Å². The Bertz CT molecular complexity index is 1710. The van der Waals surface area contributed by atoms with Crippen LogP contribution >= 0.6 is 23.2 Å². The van der Waals surface area contributed by atoms with Gasteiger partial charge in [0.15, 0.2) is 0 Å². The first kappa shape index (κ1) is 26.3. The molecule has 6 rings (SSSR count). The van der Waals surface area contributed by atoms with Crippen LogP contribution in [-0.4, -0.2) is 52.7 Å². The van der Waals surface area contributed by atoms with Gasteiger partial charge in [-0.05, 0) is 62.6 Å². The van der Waals surface area contributed by atoms with E-state index in [-0.39, 0.29) is 18.0 Å². The first-order valence-corrected chi connectivity index (χ1v) is 15.3. The summed E-state index contributed by atoms with van der Waals surface area (Å²) in [5, 5.41) is 4.87. The number of sulfonamides is 1. The first-order valence-electron chi connectivity index (χ1n) is 12.7. The van der Waals surface area contributed by atoms with Crippen LogP contribution < -0.4 is 4.90 Å². The van der Waals surface area contributed by atoms with E-state index < -0.39 is 10.0 Å². The van der Waals surface area contributed by atoms with Gasteiger partial charge >= 0.3 is 0 Å². The lowest BCUT2D eigenvalue weighted by molar-refractivity contribution is -0.117. The summed E-state index contributed by atoms with van der Waals surface area (Å²) in [5.74, 6) is 1.41. The third-order valence-corrected chi connectivity index (χ3v) is 9.70. The smallest absolute Gasteiger partial charge is 0.227 e. The van der Waals surface area contributed by atoms with Gasteiger partial charge in [-0.25, -0.2) is 17.7 Å². The van der Waals surface area contributed by atoms with Crippen LogP contribution in [0.5, 0.6) is 0 Å². The van der Waals surface area contributed by atoms with Crippen LogP contribution in [0, 0.1) is 13.8 Å². The van der Waals surface area contributed by atoms with E-state index in [1.807, 2.05) is 32.0 Å². The summed E-state index contributed by atoms with van der Waals surface area (Å²) < 4.78 is 33.7. The van der Waals surface area contributed by atoms with Crippen molar-refractivity contribution in [1.82, 2.24) is 19.0 Å². The fraction of sp³-hybridized carbons (Fsp3) is 0.370. The summed E-state index contributed by atoms with van der Waals surface area (Å²) in [6, 6.07) is 10.7. The molecule has 0 saturated carbocycles. The van der Waals surface area contributed by atoms with Crippen molar-refractivity contribution in [2.45, 2.75) is 45.2 Å². The maximum absolute atomic E-state index is 13.2. The minimum atomic E-state index is -3.34. The fourth-order valence-corrected chi connectivity index (χ4v) is 7.07. The number of aryl methyl sites for hydroxylation is 2. The Morgan fingerprint density at radius 2 is 1.85 bits per heavy atom. The Morgan fingerprint density at radius 3 is 2.51 bits per heavy atom. The van der Waals surface area contributed by atoms with Crippen molar-refractivity contribution >= 4 is 55.9 Å². The number of carbonyl (C=O) groups is 1. The SMILES string of the molecule is Cc1noc(C)c1-c1ccc2c(c1)nc(C1CCC(=O)N1c1ccc(Cl)c(Cl)c1)n2C1CCN(S(C)(=O)=O)C1. The van der Waals surface area contributed by atoms with Crippen molar-refractivity contribution in [2.24, 2.45) is 0 Å². The number of carbonyl (C=O) groups excluding carboxylic acids is 1. The van der Waals surface area contributed by atoms with E-state index in [9.17, 15) is 13.2 Å². The average molecular weight is 589 g/mol. The Labute approximate surface area is 236 Å². The van der Waals surface area contributed by atoms with Gasteiger partial charge in [-0.2, -0.15) is 0 Å². The van der Waals surface area contributed by atoms with Crippen molar-refractivity contribution in [3.05, 3.63) is 63.7 Å². The van der Waals surface area contributed by atoms with Gasteiger partial charge in [-0.3, -0.25) is 4.79 Å². The molecule has 2 fully saturated rings. The topological polar surface area (TPSA) is 102 Å². The molecule has 2 aliphatic rings. The summed E-state index contributed by atoms with van der Waals surface area (Å²) in [6.07, 6.45) is 2.81. The molecule has 0 radical (unpaired) electrons. The number of fused-ring (bicyclic) bond motifs is 1. The third kappa shape index (κ3) is 4.53. The van der Waals surface area contributed by atoms with Crippen LogP contribution in [-0.2, 0) is 14.8 Å². The molecule has 2 unspecified atom stereocenters. The van der Waals surface area contributed by atoms with Gasteiger partial charge in [0.05, 0.1) is 45.1 Å². The van der Waals surface area contributed by atoms with Gasteiger partial charge in [0, 0.05) is 30.8 Å². The number of imidazole rings is 1. The van der Waals surface area contributed by atoms with Gasteiger partial charge in [0.2, 0.25) is 15.9 Å². The maximum atomic E-state index is 13.2. The van der Waals surface area contributed by atoms with E-state index in [1.165, 1.54) is 10.6 Å². The predicted molar refractivity (Wildman–Crippen MR) is 151 cm³/mol. The van der Waals surface area contributed by atoms with E-state index >= 15 is 0 Å². The number of benzene rings is 2. The molecule has 12 heteroatoms. The highest BCUT2D eigenvalue weighted by Crippen LogP contribution is 2.42. The summed E-state index contributed by atoms with van der Waals surface area (Å²) in [6.45, 7) is 4.55. The molecule has 2 aromatic heterocycles. The summed E-state index contributed by atoms with van der Waals surface area (Å²) in [5.41, 5.74) is 4.94. The number of anilines is 1. The molecule has 0 N–H and O–H groups in total. The second-order valence-electron chi connectivity index (χ2n) is 10.2. The lowest BCUT2D eigenvalue weighted by Crippen LogP contribution is -2.31. The molecule has 0 bridgehead atoms. The molecule has 2 saturated heterocycles. The standard InChI is InChI=1S/C27H27Cl2N5O4S/c1-15-26(16(2)38-31-15)17-4-7-23-22(12-17)30-27(34(23)19-10-11-32(14-19)39(3,36)37)24-8-9-25(35)33(24)18-5-6-20(28)21(29)13-18/h4-7,12-13,19,24H,8-11,14H2,1-3H3. The number of rotatable bonds is 5. The Morgan fingerprint density at radius 1 is 1.05 bits per heavy atom. The molecule has 0 spiro atoms. The van der Waals surface area contributed by atoms with E-state index in [2.05, 4.69) is 9.72 Å². The zero-order valence-corrected chi connectivity index (χ0v) is 24.0. The lowest BCUT2D eigenvalue weighted by atomic mass is 10.0. The van der Waals surface area contributed by atoms with Crippen LogP contribution in [0.2, 0.25) is 10.0 Å². The van der Waals surface area contributed by atoms with Crippen molar-refractivity contribution < 1.29 is 17.7 Å². The molecule has 204 valence electrons. The second-order valence-corrected chi connectivity index (χ2v) is 13.0. The molecule has 1 amide bonds. The van der Waals surface area contributed by atoms with Gasteiger partial charge < -0.3 is 14.0 Å². The van der Waals surface area contributed by atoms with E-state index in [1.54, 1.807) is 23.1 Å². The molecule has 9 nitrogen and oxygen atoms in total. The minimum absolute atomic E-state index is 0.0300. The number of nitrogens with zero attached hydrogens (tertiary/aromatic N) is 5. The van der Waals surface area contributed by atoms with Gasteiger partial charge in [0.25, 0.3) is 0 Å². The Hall–Kier alpha value is -2.92. The first-order chi connectivity index (χ1) is 18.5. The monoisotopic (exact) mass is 587 g/mol. The molecule has 0 aliphatic carbocycles. The zero-order valence-electron chi connectivity index (χ0n) is 21.7. The highest BCUT2D eigenvalue weighted by Gasteiger charge is 2.40. The predicted octanol–water partition coefficient (Wildman–Crippen LogP) is 5.69. The molecule has 2 aromatic carbocycles. The molecular formula is C27H27Cl2N5O4S. The van der Waals surface area contributed by atoms with Crippen LogP contribution in [0.3, 0.4) is 0 Å². The van der Waals surface area contributed by atoms with Gasteiger partial charge in [0.1, 0.15) is 11.6 Å². The number of hydrogen-bond donors (Lipinski definition) is 0. The number of halogens is 2. The number of hydrogen-bond acceptors (Lipinski definition) is 6. The van der Waals surface area contributed by atoms with Gasteiger partial charge in [-0.15, -0.1) is 0 Å². The van der Waals surface area contributed by atoms with Crippen molar-refractivity contribution in [3.63, 3.8) is 0 Å². The Balaban J connectivity index is 1.51. The van der Waals surface area contributed by atoms with Crippen LogP contribution in [0.4, 0.5) is 5.69 Å². The quantitative estimate of drug-likeness (QED) is 0.297. The van der Waals surface area contributed by atoms with Crippen LogP contribution in [0.25, 0.3) is 22.2 Å². The summed E-state index contributed by atoms with van der Waals surface area (Å²) in [4.78, 5) is 20.0. The molecule has 4 heterocycles. The van der Waals surface area contributed by atoms with Crippen molar-refractivity contribution in [2.75, 3.05) is 24.2 Å². The molecule has 2 aliphatic heterocycles. The molecular weight excluding hydrogens is 561 g/mol. The zero-order chi connectivity index (χ0) is 27.6. The van der Waals surface area contributed by atoms with Crippen molar-refractivity contribution in [1.29, 1.82) is 0 Å². The summed E-state index contributed by atoms with van der Waals surface area (Å²) in [7, 11) is -3.34. The van der Waals surface area contributed by atoms with E-state index in [4.69, 9.17) is 32.7 Å². The van der Waals surface area contributed by atoms with E-state index in [0.29, 0.717) is 48.1 Å². The largest absolute Gasteiger partial charge is 0.361 e. The highest BCUT2D eigenvalue weighted by atomic mass is 35.5.